The normalized spacial score (nSPS) is 11.0. The van der Waals surface area contributed by atoms with Crippen molar-refractivity contribution in [3.8, 4) is 33.2 Å². The van der Waals surface area contributed by atoms with Crippen molar-refractivity contribution >= 4 is 28.4 Å². The molecule has 0 unspecified atom stereocenters. The van der Waals surface area contributed by atoms with Crippen LogP contribution in [0.2, 0.25) is 0 Å². The quantitative estimate of drug-likeness (QED) is 0.161. The van der Waals surface area contributed by atoms with Gasteiger partial charge in [-0.1, -0.05) is 48.6 Å². The fourth-order valence-corrected chi connectivity index (χ4v) is 4.47. The van der Waals surface area contributed by atoms with Crippen LogP contribution in [0.3, 0.4) is 0 Å². The molecule has 0 spiro atoms. The molecule has 3 aromatic carbocycles. The molecule has 0 amide bonds. The number of aryl methyl sites for hydroxylation is 1. The number of hydrogen-bond donors (Lipinski definition) is 0. The summed E-state index contributed by atoms with van der Waals surface area (Å²) in [7, 11) is 3.18. The minimum Gasteiger partial charge on any atom is -0.493 e. The van der Waals surface area contributed by atoms with E-state index < -0.39 is 4.92 Å². The molecule has 172 valence electrons. The monoisotopic (exact) mass is 473 g/mol. The number of ether oxygens (including phenoxy) is 2. The first-order valence-electron chi connectivity index (χ1n) is 10.6. The predicted octanol–water partition coefficient (Wildman–Crippen LogP) is 6.72. The molecule has 8 heteroatoms. The third-order valence-corrected chi connectivity index (χ3v) is 6.35. The second-order valence-corrected chi connectivity index (χ2v) is 8.35. The molecule has 0 saturated heterocycles. The van der Waals surface area contributed by atoms with Gasteiger partial charge in [0.15, 0.2) is 11.5 Å². The molecule has 0 radical (unpaired) electrons. The number of thiazole rings is 1. The Kier molecular flexibility index (Phi) is 6.98. The zero-order valence-corrected chi connectivity index (χ0v) is 19.8. The fraction of sp³-hybridized carbons (Fsp3) is 0.154. The minimum absolute atomic E-state index is 0.0467. The standard InChI is InChI=1S/C26H23N3O4S/c1-4-17-8-10-18(11-9-17)23-25(19-12-14-21(15-13-19)29(30)31)34-26(28-23)27-16-20-6-5-7-22(32-2)24(20)33-3/h5-16H,4H2,1-3H3. The highest BCUT2D eigenvalue weighted by Crippen LogP contribution is 2.41. The number of para-hydroxylation sites is 1. The fourth-order valence-electron chi connectivity index (χ4n) is 3.53. The molecule has 0 atom stereocenters. The molecule has 0 fully saturated rings. The van der Waals surface area contributed by atoms with Gasteiger partial charge < -0.3 is 9.47 Å². The van der Waals surface area contributed by atoms with Gasteiger partial charge in [0.25, 0.3) is 5.69 Å². The van der Waals surface area contributed by atoms with E-state index in [9.17, 15) is 10.1 Å². The maximum atomic E-state index is 11.1. The highest BCUT2D eigenvalue weighted by Gasteiger charge is 2.16. The maximum absolute atomic E-state index is 11.1. The van der Waals surface area contributed by atoms with E-state index >= 15 is 0 Å². The van der Waals surface area contributed by atoms with Crippen LogP contribution < -0.4 is 9.47 Å². The summed E-state index contributed by atoms with van der Waals surface area (Å²) < 4.78 is 10.9. The van der Waals surface area contributed by atoms with Gasteiger partial charge in [0, 0.05) is 29.5 Å². The van der Waals surface area contributed by atoms with E-state index in [0.29, 0.717) is 16.6 Å². The van der Waals surface area contributed by atoms with Gasteiger partial charge in [0.05, 0.1) is 29.7 Å². The third kappa shape index (κ3) is 4.82. The van der Waals surface area contributed by atoms with Crippen LogP contribution in [-0.2, 0) is 6.42 Å². The summed E-state index contributed by atoms with van der Waals surface area (Å²) in [5.74, 6) is 1.21. The van der Waals surface area contributed by atoms with E-state index in [2.05, 4.69) is 24.0 Å². The molecule has 1 aromatic heterocycles. The molecule has 0 aliphatic heterocycles. The lowest BCUT2D eigenvalue weighted by molar-refractivity contribution is -0.384. The van der Waals surface area contributed by atoms with Crippen molar-refractivity contribution in [2.45, 2.75) is 13.3 Å². The maximum Gasteiger partial charge on any atom is 0.269 e. The number of nitro groups is 1. The van der Waals surface area contributed by atoms with Gasteiger partial charge in [-0.05, 0) is 41.8 Å². The molecule has 0 aliphatic carbocycles. The van der Waals surface area contributed by atoms with Gasteiger partial charge in [-0.2, -0.15) is 0 Å². The van der Waals surface area contributed by atoms with Crippen LogP contribution in [0.1, 0.15) is 18.1 Å². The first kappa shape index (κ1) is 23.1. The Bertz CT molecular complexity index is 1330. The second kappa shape index (κ2) is 10.3. The van der Waals surface area contributed by atoms with Crippen LogP contribution in [0.15, 0.2) is 71.7 Å². The molecule has 1 heterocycles. The molecular formula is C26H23N3O4S. The predicted molar refractivity (Wildman–Crippen MR) is 136 cm³/mol. The highest BCUT2D eigenvalue weighted by molar-refractivity contribution is 7.19. The van der Waals surface area contributed by atoms with E-state index in [1.54, 1.807) is 32.6 Å². The average Bonchev–Trinajstić information content (AvgIpc) is 3.31. The smallest absolute Gasteiger partial charge is 0.269 e. The van der Waals surface area contributed by atoms with E-state index in [4.69, 9.17) is 14.5 Å². The Hall–Kier alpha value is -4.04. The summed E-state index contributed by atoms with van der Waals surface area (Å²) in [6.45, 7) is 2.11. The van der Waals surface area contributed by atoms with Gasteiger partial charge in [0.2, 0.25) is 5.13 Å². The number of methoxy groups -OCH3 is 2. The Morgan fingerprint density at radius 3 is 2.32 bits per heavy atom. The SMILES string of the molecule is CCc1ccc(-c2nc(N=Cc3cccc(OC)c3OC)sc2-c2ccc([N+](=O)[O-])cc2)cc1. The highest BCUT2D eigenvalue weighted by atomic mass is 32.1. The first-order valence-corrected chi connectivity index (χ1v) is 11.5. The number of nitro benzene ring substituents is 1. The van der Waals surface area contributed by atoms with Crippen LogP contribution in [-0.4, -0.2) is 30.3 Å². The summed E-state index contributed by atoms with van der Waals surface area (Å²) in [4.78, 5) is 21.0. The van der Waals surface area contributed by atoms with Crippen molar-refractivity contribution in [2.24, 2.45) is 4.99 Å². The number of rotatable bonds is 8. The van der Waals surface area contributed by atoms with Gasteiger partial charge in [-0.25, -0.2) is 9.98 Å². The van der Waals surface area contributed by atoms with Gasteiger partial charge in [-0.15, -0.1) is 0 Å². The number of aromatic nitrogens is 1. The van der Waals surface area contributed by atoms with Gasteiger partial charge in [0.1, 0.15) is 0 Å². The summed E-state index contributed by atoms with van der Waals surface area (Å²) in [6, 6.07) is 20.3. The van der Waals surface area contributed by atoms with Crippen LogP contribution in [0.4, 0.5) is 10.8 Å². The van der Waals surface area contributed by atoms with E-state index in [1.807, 2.05) is 30.3 Å². The summed E-state index contributed by atoms with van der Waals surface area (Å²) in [5, 5.41) is 11.6. The van der Waals surface area contributed by atoms with E-state index in [-0.39, 0.29) is 5.69 Å². The van der Waals surface area contributed by atoms with E-state index in [1.165, 1.54) is 29.0 Å². The van der Waals surface area contributed by atoms with Crippen LogP contribution in [0, 0.1) is 10.1 Å². The Morgan fingerprint density at radius 1 is 1.00 bits per heavy atom. The molecule has 0 aliphatic rings. The Balaban J connectivity index is 1.77. The summed E-state index contributed by atoms with van der Waals surface area (Å²) in [5.41, 5.74) is 4.64. The lowest BCUT2D eigenvalue weighted by Gasteiger charge is -2.09. The summed E-state index contributed by atoms with van der Waals surface area (Å²) >= 11 is 1.42. The van der Waals surface area contributed by atoms with Crippen molar-refractivity contribution in [1.29, 1.82) is 0 Å². The number of benzene rings is 3. The van der Waals surface area contributed by atoms with Crippen molar-refractivity contribution in [3.05, 3.63) is 88.0 Å². The van der Waals surface area contributed by atoms with Crippen LogP contribution >= 0.6 is 11.3 Å². The molecule has 0 N–H and O–H groups in total. The zero-order valence-electron chi connectivity index (χ0n) is 19.0. The van der Waals surface area contributed by atoms with Crippen molar-refractivity contribution in [3.63, 3.8) is 0 Å². The minimum atomic E-state index is -0.405. The van der Waals surface area contributed by atoms with Crippen molar-refractivity contribution in [2.75, 3.05) is 14.2 Å². The van der Waals surface area contributed by atoms with Gasteiger partial charge >= 0.3 is 0 Å². The molecule has 0 bridgehead atoms. The number of nitrogens with zero attached hydrogens (tertiary/aromatic N) is 3. The lowest BCUT2D eigenvalue weighted by atomic mass is 10.0. The first-order chi connectivity index (χ1) is 16.5. The lowest BCUT2D eigenvalue weighted by Crippen LogP contribution is -1.94. The molecule has 4 rings (SSSR count). The molecular weight excluding hydrogens is 450 g/mol. The molecule has 34 heavy (non-hydrogen) atoms. The second-order valence-electron chi connectivity index (χ2n) is 7.37. The largest absolute Gasteiger partial charge is 0.493 e. The van der Waals surface area contributed by atoms with Crippen LogP contribution in [0.25, 0.3) is 21.7 Å². The van der Waals surface area contributed by atoms with Crippen molar-refractivity contribution < 1.29 is 14.4 Å². The third-order valence-electron chi connectivity index (χ3n) is 5.34. The Labute approximate surface area is 201 Å². The topological polar surface area (TPSA) is 86.9 Å². The number of hydrogen-bond acceptors (Lipinski definition) is 7. The molecule has 0 saturated carbocycles. The zero-order chi connectivity index (χ0) is 24.1. The molecule has 4 aromatic rings. The van der Waals surface area contributed by atoms with E-state index in [0.717, 1.165) is 33.7 Å². The van der Waals surface area contributed by atoms with Gasteiger partial charge in [-0.3, -0.25) is 10.1 Å². The molecule has 7 nitrogen and oxygen atoms in total. The number of non-ortho nitro benzene ring substituents is 1. The number of aliphatic imine (C=N–C) groups is 1. The van der Waals surface area contributed by atoms with Crippen LogP contribution in [0.5, 0.6) is 11.5 Å². The Morgan fingerprint density at radius 2 is 1.71 bits per heavy atom. The van der Waals surface area contributed by atoms with Crippen molar-refractivity contribution in [1.82, 2.24) is 4.98 Å². The summed E-state index contributed by atoms with van der Waals surface area (Å²) in [6.07, 6.45) is 2.65. The average molecular weight is 474 g/mol.